The second kappa shape index (κ2) is 5.65. The first kappa shape index (κ1) is 12.6. The van der Waals surface area contributed by atoms with Crippen LogP contribution in [0.25, 0.3) is 0 Å². The minimum Gasteiger partial charge on any atom is -0.371 e. The molecule has 17 heavy (non-hydrogen) atoms. The average Bonchev–Trinajstić information content (AvgIpc) is 2.39. The standard InChI is InChI=1S/C15H23NO/c1-4-14-10-17-15(9-16-14)13-7-5-12(6-8-13)11(2)3/h5-8,11,14-16H,4,9-10H2,1-3H3. The predicted octanol–water partition coefficient (Wildman–Crippen LogP) is 3.25. The number of morpholine rings is 1. The van der Waals surface area contributed by atoms with Crippen molar-refractivity contribution in [2.75, 3.05) is 13.2 Å². The van der Waals surface area contributed by atoms with E-state index in [0.717, 1.165) is 19.6 Å². The van der Waals surface area contributed by atoms with Gasteiger partial charge in [0.05, 0.1) is 12.7 Å². The number of benzene rings is 1. The average molecular weight is 233 g/mol. The molecule has 2 unspecified atom stereocenters. The van der Waals surface area contributed by atoms with E-state index in [2.05, 4.69) is 50.4 Å². The van der Waals surface area contributed by atoms with Crippen molar-refractivity contribution in [2.45, 2.75) is 45.3 Å². The molecule has 0 bridgehead atoms. The molecule has 1 aromatic carbocycles. The van der Waals surface area contributed by atoms with E-state index in [-0.39, 0.29) is 6.10 Å². The van der Waals surface area contributed by atoms with Crippen LogP contribution in [0, 0.1) is 0 Å². The monoisotopic (exact) mass is 233 g/mol. The fourth-order valence-electron chi connectivity index (χ4n) is 2.20. The molecule has 0 radical (unpaired) electrons. The summed E-state index contributed by atoms with van der Waals surface area (Å²) in [5.41, 5.74) is 2.68. The maximum Gasteiger partial charge on any atom is 0.0950 e. The first-order valence-corrected chi connectivity index (χ1v) is 6.65. The molecule has 1 saturated heterocycles. The van der Waals surface area contributed by atoms with Crippen LogP contribution in [0.3, 0.4) is 0 Å². The van der Waals surface area contributed by atoms with Gasteiger partial charge in [-0.15, -0.1) is 0 Å². The third-order valence-corrected chi connectivity index (χ3v) is 3.56. The van der Waals surface area contributed by atoms with Crippen LogP contribution < -0.4 is 5.32 Å². The fourth-order valence-corrected chi connectivity index (χ4v) is 2.20. The highest BCUT2D eigenvalue weighted by Gasteiger charge is 2.20. The molecule has 2 atom stereocenters. The Labute approximate surface area is 104 Å². The maximum atomic E-state index is 5.91. The lowest BCUT2D eigenvalue weighted by atomic mass is 9.99. The minimum absolute atomic E-state index is 0.221. The van der Waals surface area contributed by atoms with Crippen molar-refractivity contribution < 1.29 is 4.74 Å². The SMILES string of the molecule is CCC1COC(c2ccc(C(C)C)cc2)CN1. The van der Waals surface area contributed by atoms with E-state index in [9.17, 15) is 0 Å². The highest BCUT2D eigenvalue weighted by Crippen LogP contribution is 2.23. The van der Waals surface area contributed by atoms with Gasteiger partial charge >= 0.3 is 0 Å². The lowest BCUT2D eigenvalue weighted by molar-refractivity contribution is 0.00222. The summed E-state index contributed by atoms with van der Waals surface area (Å²) in [5, 5.41) is 3.53. The maximum absolute atomic E-state index is 5.91. The molecule has 0 spiro atoms. The number of hydrogen-bond acceptors (Lipinski definition) is 2. The van der Waals surface area contributed by atoms with Crippen LogP contribution in [0.4, 0.5) is 0 Å². The second-order valence-electron chi connectivity index (χ2n) is 5.16. The van der Waals surface area contributed by atoms with Crippen LogP contribution in [0.1, 0.15) is 50.3 Å². The number of rotatable bonds is 3. The Kier molecular flexibility index (Phi) is 4.19. The smallest absolute Gasteiger partial charge is 0.0950 e. The lowest BCUT2D eigenvalue weighted by Gasteiger charge is -2.30. The summed E-state index contributed by atoms with van der Waals surface area (Å²) in [7, 11) is 0. The molecule has 0 aliphatic carbocycles. The summed E-state index contributed by atoms with van der Waals surface area (Å²) in [4.78, 5) is 0. The van der Waals surface area contributed by atoms with Crippen molar-refractivity contribution in [3.05, 3.63) is 35.4 Å². The molecule has 0 amide bonds. The Morgan fingerprint density at radius 2 is 2.00 bits per heavy atom. The van der Waals surface area contributed by atoms with Gasteiger partial charge in [-0.1, -0.05) is 45.0 Å². The summed E-state index contributed by atoms with van der Waals surface area (Å²) in [6.45, 7) is 8.39. The van der Waals surface area contributed by atoms with Crippen molar-refractivity contribution in [2.24, 2.45) is 0 Å². The first-order valence-electron chi connectivity index (χ1n) is 6.65. The van der Waals surface area contributed by atoms with Crippen molar-refractivity contribution in [1.29, 1.82) is 0 Å². The summed E-state index contributed by atoms with van der Waals surface area (Å²) >= 11 is 0. The van der Waals surface area contributed by atoms with Crippen LogP contribution in [0.2, 0.25) is 0 Å². The Balaban J connectivity index is 1.99. The molecule has 2 nitrogen and oxygen atoms in total. The van der Waals surface area contributed by atoms with Gasteiger partial charge in [0.15, 0.2) is 0 Å². The summed E-state index contributed by atoms with van der Waals surface area (Å²) < 4.78 is 5.91. The van der Waals surface area contributed by atoms with Gasteiger partial charge in [0.2, 0.25) is 0 Å². The number of ether oxygens (including phenoxy) is 1. The Hall–Kier alpha value is -0.860. The van der Waals surface area contributed by atoms with E-state index < -0.39 is 0 Å². The van der Waals surface area contributed by atoms with Crippen LogP contribution in [-0.2, 0) is 4.74 Å². The van der Waals surface area contributed by atoms with E-state index in [1.54, 1.807) is 0 Å². The van der Waals surface area contributed by atoms with Gasteiger partial charge in [0.25, 0.3) is 0 Å². The summed E-state index contributed by atoms with van der Waals surface area (Å²) in [5.74, 6) is 0.596. The molecule has 94 valence electrons. The van der Waals surface area contributed by atoms with E-state index in [1.165, 1.54) is 11.1 Å². The van der Waals surface area contributed by atoms with Crippen LogP contribution in [-0.4, -0.2) is 19.2 Å². The van der Waals surface area contributed by atoms with Gasteiger partial charge in [0.1, 0.15) is 0 Å². The minimum atomic E-state index is 0.221. The van der Waals surface area contributed by atoms with Crippen molar-refractivity contribution in [3.8, 4) is 0 Å². The zero-order valence-electron chi connectivity index (χ0n) is 11.1. The summed E-state index contributed by atoms with van der Waals surface area (Å²) in [6, 6.07) is 9.37. The fraction of sp³-hybridized carbons (Fsp3) is 0.600. The molecule has 1 N–H and O–H groups in total. The van der Waals surface area contributed by atoms with E-state index in [1.807, 2.05) is 0 Å². The zero-order valence-corrected chi connectivity index (χ0v) is 11.1. The topological polar surface area (TPSA) is 21.3 Å². The van der Waals surface area contributed by atoms with E-state index in [4.69, 9.17) is 4.74 Å². The van der Waals surface area contributed by atoms with Crippen LogP contribution in [0.15, 0.2) is 24.3 Å². The van der Waals surface area contributed by atoms with Gasteiger partial charge < -0.3 is 10.1 Å². The van der Waals surface area contributed by atoms with Gasteiger partial charge in [-0.25, -0.2) is 0 Å². The third-order valence-electron chi connectivity index (χ3n) is 3.56. The van der Waals surface area contributed by atoms with Gasteiger partial charge in [-0.3, -0.25) is 0 Å². The van der Waals surface area contributed by atoms with Crippen LogP contribution in [0.5, 0.6) is 0 Å². The molecule has 1 aliphatic rings. The zero-order chi connectivity index (χ0) is 12.3. The lowest BCUT2D eigenvalue weighted by Crippen LogP contribution is -2.42. The largest absolute Gasteiger partial charge is 0.371 e. The Bertz CT molecular complexity index is 336. The Morgan fingerprint density at radius 1 is 1.29 bits per heavy atom. The molecule has 2 heteroatoms. The van der Waals surface area contributed by atoms with Gasteiger partial charge in [-0.05, 0) is 23.5 Å². The highest BCUT2D eigenvalue weighted by molar-refractivity contribution is 5.26. The van der Waals surface area contributed by atoms with E-state index >= 15 is 0 Å². The van der Waals surface area contributed by atoms with Crippen molar-refractivity contribution in [3.63, 3.8) is 0 Å². The number of nitrogens with one attached hydrogen (secondary N) is 1. The van der Waals surface area contributed by atoms with E-state index in [0.29, 0.717) is 12.0 Å². The number of hydrogen-bond donors (Lipinski definition) is 1. The molecule has 1 aromatic rings. The summed E-state index contributed by atoms with van der Waals surface area (Å²) in [6.07, 6.45) is 1.36. The molecule has 0 aromatic heterocycles. The van der Waals surface area contributed by atoms with Crippen molar-refractivity contribution >= 4 is 0 Å². The van der Waals surface area contributed by atoms with Crippen LogP contribution >= 0.6 is 0 Å². The molecular weight excluding hydrogens is 210 g/mol. The van der Waals surface area contributed by atoms with Crippen molar-refractivity contribution in [1.82, 2.24) is 5.32 Å². The Morgan fingerprint density at radius 3 is 2.47 bits per heavy atom. The molecular formula is C15H23NO. The normalized spacial score (nSPS) is 25.2. The second-order valence-corrected chi connectivity index (χ2v) is 5.16. The van der Waals surface area contributed by atoms with Gasteiger partial charge in [-0.2, -0.15) is 0 Å². The molecule has 1 fully saturated rings. The first-order chi connectivity index (χ1) is 8.20. The predicted molar refractivity (Wildman–Crippen MR) is 71.3 cm³/mol. The molecule has 2 rings (SSSR count). The molecule has 1 aliphatic heterocycles. The molecule has 1 heterocycles. The third kappa shape index (κ3) is 3.08. The highest BCUT2D eigenvalue weighted by atomic mass is 16.5. The quantitative estimate of drug-likeness (QED) is 0.865. The van der Waals surface area contributed by atoms with Gasteiger partial charge in [0, 0.05) is 12.6 Å². The molecule has 0 saturated carbocycles.